The molecule has 5 nitrogen and oxygen atoms in total. The fourth-order valence-corrected chi connectivity index (χ4v) is 3.05. The van der Waals surface area contributed by atoms with Crippen LogP contribution in [0.4, 0.5) is 9.18 Å². The van der Waals surface area contributed by atoms with Gasteiger partial charge in [0.2, 0.25) is 0 Å². The predicted molar refractivity (Wildman–Crippen MR) is 78.0 cm³/mol. The summed E-state index contributed by atoms with van der Waals surface area (Å²) in [7, 11) is 0. The third kappa shape index (κ3) is 3.05. The largest absolute Gasteiger partial charge is 0.481 e. The SMILES string of the molecule is O=C(O)C1CCN(C(=O)N[C@@H]2C[C@H]2c2ccccc2F)CC1. The molecule has 2 N–H and O–H groups in total. The van der Waals surface area contributed by atoms with E-state index in [2.05, 4.69) is 5.32 Å². The minimum absolute atomic E-state index is 0.0263. The number of halogens is 1. The zero-order valence-corrected chi connectivity index (χ0v) is 12.2. The fraction of sp³-hybridized carbons (Fsp3) is 0.500. The van der Waals surface area contributed by atoms with Crippen LogP contribution in [0.1, 0.15) is 30.7 Å². The second-order valence-electron chi connectivity index (χ2n) is 6.02. The molecule has 1 heterocycles. The lowest BCUT2D eigenvalue weighted by molar-refractivity contribution is -0.143. The van der Waals surface area contributed by atoms with Crippen LogP contribution >= 0.6 is 0 Å². The molecule has 118 valence electrons. The van der Waals surface area contributed by atoms with Crippen molar-refractivity contribution in [1.82, 2.24) is 10.2 Å². The second-order valence-corrected chi connectivity index (χ2v) is 6.02. The van der Waals surface area contributed by atoms with Gasteiger partial charge in [-0.1, -0.05) is 18.2 Å². The highest BCUT2D eigenvalue weighted by atomic mass is 19.1. The molecule has 1 saturated carbocycles. The van der Waals surface area contributed by atoms with Gasteiger partial charge < -0.3 is 15.3 Å². The first-order chi connectivity index (χ1) is 10.6. The molecule has 1 aromatic carbocycles. The van der Waals surface area contributed by atoms with Gasteiger partial charge in [0.15, 0.2) is 0 Å². The number of carboxylic acids is 1. The average molecular weight is 306 g/mol. The number of benzene rings is 1. The molecule has 2 atom stereocenters. The number of aliphatic carboxylic acids is 1. The van der Waals surface area contributed by atoms with E-state index in [-0.39, 0.29) is 29.7 Å². The Labute approximate surface area is 128 Å². The van der Waals surface area contributed by atoms with Gasteiger partial charge in [-0.2, -0.15) is 0 Å². The van der Waals surface area contributed by atoms with Crippen molar-refractivity contribution in [3.63, 3.8) is 0 Å². The second kappa shape index (κ2) is 5.94. The number of amides is 2. The van der Waals surface area contributed by atoms with Crippen molar-refractivity contribution in [3.8, 4) is 0 Å². The zero-order chi connectivity index (χ0) is 15.7. The first-order valence-electron chi connectivity index (χ1n) is 7.59. The summed E-state index contributed by atoms with van der Waals surface area (Å²) in [5, 5.41) is 11.9. The van der Waals surface area contributed by atoms with E-state index in [0.717, 1.165) is 6.42 Å². The van der Waals surface area contributed by atoms with Crippen LogP contribution in [0.5, 0.6) is 0 Å². The van der Waals surface area contributed by atoms with Crippen LogP contribution in [0, 0.1) is 11.7 Å². The summed E-state index contributed by atoms with van der Waals surface area (Å²) in [5.74, 6) is -1.33. The van der Waals surface area contributed by atoms with E-state index >= 15 is 0 Å². The van der Waals surface area contributed by atoms with Gasteiger partial charge in [-0.05, 0) is 30.9 Å². The Balaban J connectivity index is 1.50. The lowest BCUT2D eigenvalue weighted by Gasteiger charge is -2.30. The number of urea groups is 1. The molecule has 6 heteroatoms. The van der Waals surface area contributed by atoms with Crippen LogP contribution in [-0.4, -0.2) is 41.1 Å². The highest BCUT2D eigenvalue weighted by molar-refractivity contribution is 5.76. The first-order valence-corrected chi connectivity index (χ1v) is 7.59. The number of hydrogen-bond donors (Lipinski definition) is 2. The number of carboxylic acid groups (broad SMARTS) is 1. The van der Waals surface area contributed by atoms with E-state index in [4.69, 9.17) is 5.11 Å². The number of hydrogen-bond acceptors (Lipinski definition) is 2. The van der Waals surface area contributed by atoms with E-state index < -0.39 is 5.97 Å². The van der Waals surface area contributed by atoms with Gasteiger partial charge in [0.25, 0.3) is 0 Å². The molecule has 3 rings (SSSR count). The van der Waals surface area contributed by atoms with E-state index in [1.54, 1.807) is 23.1 Å². The van der Waals surface area contributed by atoms with Gasteiger partial charge in [-0.3, -0.25) is 4.79 Å². The van der Waals surface area contributed by atoms with E-state index in [1.807, 2.05) is 0 Å². The highest BCUT2D eigenvalue weighted by Gasteiger charge is 2.42. The number of nitrogens with zero attached hydrogens (tertiary/aromatic N) is 1. The molecule has 0 spiro atoms. The highest BCUT2D eigenvalue weighted by Crippen LogP contribution is 2.41. The number of piperidine rings is 1. The van der Waals surface area contributed by atoms with Crippen molar-refractivity contribution in [1.29, 1.82) is 0 Å². The Morgan fingerprint density at radius 3 is 2.55 bits per heavy atom. The monoisotopic (exact) mass is 306 g/mol. The van der Waals surface area contributed by atoms with Crippen molar-refractivity contribution >= 4 is 12.0 Å². The molecule has 1 aromatic rings. The maximum atomic E-state index is 13.7. The molecular formula is C16H19FN2O3. The van der Waals surface area contributed by atoms with Gasteiger partial charge in [0, 0.05) is 25.0 Å². The fourth-order valence-electron chi connectivity index (χ4n) is 3.05. The van der Waals surface area contributed by atoms with Gasteiger partial charge in [-0.25, -0.2) is 9.18 Å². The number of carbonyl (C=O) groups is 2. The third-order valence-electron chi connectivity index (χ3n) is 4.54. The van der Waals surface area contributed by atoms with Crippen LogP contribution in [-0.2, 0) is 4.79 Å². The maximum Gasteiger partial charge on any atom is 0.317 e. The molecule has 0 radical (unpaired) electrons. The number of likely N-dealkylation sites (tertiary alicyclic amines) is 1. The molecule has 2 aliphatic rings. The summed E-state index contributed by atoms with van der Waals surface area (Å²) in [6.07, 6.45) is 1.73. The molecular weight excluding hydrogens is 287 g/mol. The first kappa shape index (κ1) is 14.8. The summed E-state index contributed by atoms with van der Waals surface area (Å²) >= 11 is 0. The number of nitrogens with one attached hydrogen (secondary N) is 1. The number of carbonyl (C=O) groups excluding carboxylic acids is 1. The summed E-state index contributed by atoms with van der Waals surface area (Å²) in [6, 6.07) is 6.44. The molecule has 22 heavy (non-hydrogen) atoms. The minimum Gasteiger partial charge on any atom is -0.481 e. The van der Waals surface area contributed by atoms with E-state index in [1.165, 1.54) is 6.07 Å². The maximum absolute atomic E-state index is 13.7. The molecule has 2 amide bonds. The molecule has 1 saturated heterocycles. The normalized spacial score (nSPS) is 24.9. The van der Waals surface area contributed by atoms with Gasteiger partial charge in [-0.15, -0.1) is 0 Å². The molecule has 0 unspecified atom stereocenters. The quantitative estimate of drug-likeness (QED) is 0.899. The molecule has 2 fully saturated rings. The van der Waals surface area contributed by atoms with Crippen LogP contribution < -0.4 is 5.32 Å². The lowest BCUT2D eigenvalue weighted by Crippen LogP contribution is -2.46. The van der Waals surface area contributed by atoms with Crippen molar-refractivity contribution < 1.29 is 19.1 Å². The molecule has 0 bridgehead atoms. The lowest BCUT2D eigenvalue weighted by atomic mass is 9.97. The molecule has 1 aliphatic heterocycles. The topological polar surface area (TPSA) is 69.6 Å². The van der Waals surface area contributed by atoms with Crippen LogP contribution in [0.25, 0.3) is 0 Å². The summed E-state index contributed by atoms with van der Waals surface area (Å²) < 4.78 is 13.7. The Morgan fingerprint density at radius 2 is 1.91 bits per heavy atom. The Bertz CT molecular complexity index is 585. The summed E-state index contributed by atoms with van der Waals surface area (Å²) in [6.45, 7) is 0.916. The van der Waals surface area contributed by atoms with Crippen molar-refractivity contribution in [2.45, 2.75) is 31.2 Å². The van der Waals surface area contributed by atoms with Crippen molar-refractivity contribution in [2.24, 2.45) is 5.92 Å². The summed E-state index contributed by atoms with van der Waals surface area (Å²) in [4.78, 5) is 24.7. The Kier molecular flexibility index (Phi) is 4.00. The Morgan fingerprint density at radius 1 is 1.23 bits per heavy atom. The molecule has 0 aromatic heterocycles. The van der Waals surface area contributed by atoms with Gasteiger partial charge in [0.05, 0.1) is 5.92 Å². The van der Waals surface area contributed by atoms with Crippen LogP contribution in [0.2, 0.25) is 0 Å². The van der Waals surface area contributed by atoms with Gasteiger partial charge in [0.1, 0.15) is 5.82 Å². The summed E-state index contributed by atoms with van der Waals surface area (Å²) in [5.41, 5.74) is 0.650. The molecule has 1 aliphatic carbocycles. The zero-order valence-electron chi connectivity index (χ0n) is 12.2. The van der Waals surface area contributed by atoms with Crippen molar-refractivity contribution in [3.05, 3.63) is 35.6 Å². The van der Waals surface area contributed by atoms with E-state index in [9.17, 15) is 14.0 Å². The van der Waals surface area contributed by atoms with E-state index in [0.29, 0.717) is 31.5 Å². The van der Waals surface area contributed by atoms with Crippen LogP contribution in [0.15, 0.2) is 24.3 Å². The average Bonchev–Trinajstić information content (AvgIpc) is 3.26. The Hall–Kier alpha value is -2.11. The number of rotatable bonds is 3. The standard InChI is InChI=1S/C16H19FN2O3/c17-13-4-2-1-3-11(13)12-9-14(12)18-16(22)19-7-5-10(6-8-19)15(20)21/h1-4,10,12,14H,5-9H2,(H,18,22)(H,20,21)/t12-,14+/m0/s1. The third-order valence-corrected chi connectivity index (χ3v) is 4.54. The van der Waals surface area contributed by atoms with Crippen molar-refractivity contribution in [2.75, 3.05) is 13.1 Å². The van der Waals surface area contributed by atoms with Gasteiger partial charge >= 0.3 is 12.0 Å². The smallest absolute Gasteiger partial charge is 0.317 e. The minimum atomic E-state index is -0.790. The predicted octanol–water partition coefficient (Wildman–Crippen LogP) is 2.19. The van der Waals surface area contributed by atoms with Crippen LogP contribution in [0.3, 0.4) is 0 Å².